The summed E-state index contributed by atoms with van der Waals surface area (Å²) in [4.78, 5) is 0. The van der Waals surface area contributed by atoms with Gasteiger partial charge in [0.2, 0.25) is 0 Å². The van der Waals surface area contributed by atoms with Crippen LogP contribution < -0.4 is 5.01 Å². The lowest BCUT2D eigenvalue weighted by Crippen LogP contribution is -2.18. The summed E-state index contributed by atoms with van der Waals surface area (Å²) in [7, 11) is 0. The first-order chi connectivity index (χ1) is 13.8. The average molecular weight is 427 g/mol. The summed E-state index contributed by atoms with van der Waals surface area (Å²) in [6, 6.07) is 34.2. The van der Waals surface area contributed by atoms with Crippen LogP contribution in [0, 0.1) is 0 Å². The fourth-order valence-corrected chi connectivity index (χ4v) is 4.26. The van der Waals surface area contributed by atoms with Gasteiger partial charge in [-0.05, 0) is 52.2 Å². The summed E-state index contributed by atoms with van der Waals surface area (Å²) in [6.45, 7) is 0. The number of nitrogens with zero attached hydrogens (tertiary/aromatic N) is 2. The average Bonchev–Trinajstić information content (AvgIpc) is 3.20. The van der Waals surface area contributed by atoms with Gasteiger partial charge in [0.15, 0.2) is 0 Å². The van der Waals surface area contributed by atoms with Crippen LogP contribution in [0.5, 0.6) is 0 Å². The van der Waals surface area contributed by atoms with Gasteiger partial charge in [-0.15, -0.1) is 0 Å². The highest BCUT2D eigenvalue weighted by Crippen LogP contribution is 2.37. The Morgan fingerprint density at radius 3 is 2.36 bits per heavy atom. The van der Waals surface area contributed by atoms with Gasteiger partial charge in [-0.25, -0.2) is 0 Å². The second kappa shape index (κ2) is 7.25. The van der Waals surface area contributed by atoms with E-state index < -0.39 is 0 Å². The number of benzene rings is 4. The smallest absolute Gasteiger partial charge is 0.0832 e. The number of anilines is 1. The molecule has 1 aliphatic rings. The molecular weight excluding hydrogens is 408 g/mol. The molecule has 28 heavy (non-hydrogen) atoms. The van der Waals surface area contributed by atoms with Crippen molar-refractivity contribution >= 4 is 38.1 Å². The molecule has 0 aliphatic carbocycles. The topological polar surface area (TPSA) is 15.6 Å². The van der Waals surface area contributed by atoms with Gasteiger partial charge in [0, 0.05) is 10.9 Å². The summed E-state index contributed by atoms with van der Waals surface area (Å²) in [6.07, 6.45) is 0.879. The maximum atomic E-state index is 5.06. The van der Waals surface area contributed by atoms with E-state index in [-0.39, 0.29) is 6.04 Å². The van der Waals surface area contributed by atoms with Crippen LogP contribution in [-0.4, -0.2) is 5.71 Å². The van der Waals surface area contributed by atoms with Crippen molar-refractivity contribution in [2.75, 3.05) is 5.01 Å². The number of hydrogen-bond donors (Lipinski definition) is 0. The lowest BCUT2D eigenvalue weighted by atomic mass is 9.97. The molecule has 0 amide bonds. The predicted octanol–water partition coefficient (Wildman–Crippen LogP) is 6.96. The van der Waals surface area contributed by atoms with Crippen molar-refractivity contribution in [3.63, 3.8) is 0 Å². The van der Waals surface area contributed by atoms with E-state index in [1.165, 1.54) is 21.9 Å². The Hall–Kier alpha value is -2.91. The van der Waals surface area contributed by atoms with Gasteiger partial charge in [0.05, 0.1) is 17.4 Å². The Morgan fingerprint density at radius 2 is 1.54 bits per heavy atom. The molecule has 1 heterocycles. The molecule has 1 unspecified atom stereocenters. The highest BCUT2D eigenvalue weighted by molar-refractivity contribution is 9.10. The van der Waals surface area contributed by atoms with Gasteiger partial charge in [-0.1, -0.05) is 82.7 Å². The summed E-state index contributed by atoms with van der Waals surface area (Å²) < 4.78 is 1.09. The molecule has 1 aliphatic heterocycles. The van der Waals surface area contributed by atoms with Crippen LogP contribution in [0.4, 0.5) is 5.69 Å². The van der Waals surface area contributed by atoms with Crippen molar-refractivity contribution in [1.29, 1.82) is 0 Å². The van der Waals surface area contributed by atoms with Crippen molar-refractivity contribution < 1.29 is 0 Å². The molecule has 4 aromatic carbocycles. The Kier molecular flexibility index (Phi) is 4.46. The van der Waals surface area contributed by atoms with Gasteiger partial charge in [0.1, 0.15) is 0 Å². The molecule has 0 aromatic heterocycles. The van der Waals surface area contributed by atoms with Crippen molar-refractivity contribution in [3.8, 4) is 0 Å². The van der Waals surface area contributed by atoms with Gasteiger partial charge in [0.25, 0.3) is 0 Å². The minimum absolute atomic E-state index is 0.182. The number of para-hydroxylation sites is 1. The molecule has 0 saturated heterocycles. The van der Waals surface area contributed by atoms with Crippen LogP contribution in [0.25, 0.3) is 10.8 Å². The van der Waals surface area contributed by atoms with E-state index in [4.69, 9.17) is 5.10 Å². The fraction of sp³-hybridized carbons (Fsp3) is 0.0800. The highest BCUT2D eigenvalue weighted by atomic mass is 79.9. The van der Waals surface area contributed by atoms with Crippen LogP contribution in [-0.2, 0) is 0 Å². The predicted molar refractivity (Wildman–Crippen MR) is 121 cm³/mol. The van der Waals surface area contributed by atoms with Crippen LogP contribution in [0.2, 0.25) is 0 Å². The molecular formula is C25H19BrN2. The Balaban J connectivity index is 1.58. The molecule has 1 atom stereocenters. The lowest BCUT2D eigenvalue weighted by molar-refractivity contribution is 0.708. The molecule has 2 nitrogen and oxygen atoms in total. The first-order valence-corrected chi connectivity index (χ1v) is 10.2. The molecule has 3 heteroatoms. The van der Waals surface area contributed by atoms with Gasteiger partial charge in [-0.3, -0.25) is 5.01 Å². The lowest BCUT2D eigenvalue weighted by Gasteiger charge is -2.24. The van der Waals surface area contributed by atoms with E-state index in [1.54, 1.807) is 0 Å². The quantitative estimate of drug-likeness (QED) is 0.345. The maximum absolute atomic E-state index is 5.06. The Labute approximate surface area is 173 Å². The molecule has 0 saturated carbocycles. The minimum atomic E-state index is 0.182. The second-order valence-electron chi connectivity index (χ2n) is 7.06. The van der Waals surface area contributed by atoms with E-state index in [1.807, 2.05) is 6.07 Å². The molecule has 0 N–H and O–H groups in total. The minimum Gasteiger partial charge on any atom is -0.257 e. The van der Waals surface area contributed by atoms with E-state index in [0.717, 1.165) is 22.3 Å². The Morgan fingerprint density at radius 1 is 0.750 bits per heavy atom. The van der Waals surface area contributed by atoms with Gasteiger partial charge in [-0.2, -0.15) is 5.10 Å². The summed E-state index contributed by atoms with van der Waals surface area (Å²) in [5.41, 5.74) is 4.69. The van der Waals surface area contributed by atoms with E-state index in [2.05, 4.69) is 112 Å². The van der Waals surface area contributed by atoms with Crippen molar-refractivity contribution in [3.05, 3.63) is 113 Å². The maximum Gasteiger partial charge on any atom is 0.0832 e. The largest absolute Gasteiger partial charge is 0.257 e. The van der Waals surface area contributed by atoms with E-state index in [0.29, 0.717) is 0 Å². The molecule has 0 spiro atoms. The zero-order chi connectivity index (χ0) is 18.9. The molecule has 0 bridgehead atoms. The highest BCUT2D eigenvalue weighted by Gasteiger charge is 2.30. The Bertz CT molecular complexity index is 1170. The third-order valence-corrected chi connectivity index (χ3v) is 5.74. The van der Waals surface area contributed by atoms with Crippen LogP contribution >= 0.6 is 15.9 Å². The number of hydrogen-bond acceptors (Lipinski definition) is 2. The first kappa shape index (κ1) is 17.2. The van der Waals surface area contributed by atoms with Crippen LogP contribution in [0.3, 0.4) is 0 Å². The fourth-order valence-electron chi connectivity index (χ4n) is 3.85. The van der Waals surface area contributed by atoms with Crippen molar-refractivity contribution in [2.24, 2.45) is 5.10 Å². The zero-order valence-corrected chi connectivity index (χ0v) is 16.9. The monoisotopic (exact) mass is 426 g/mol. The summed E-state index contributed by atoms with van der Waals surface area (Å²) >= 11 is 3.62. The molecule has 5 rings (SSSR count). The van der Waals surface area contributed by atoms with Crippen LogP contribution in [0.15, 0.2) is 107 Å². The first-order valence-electron chi connectivity index (χ1n) is 9.44. The number of fused-ring (bicyclic) bond motifs is 1. The SMILES string of the molecule is Brc1cccc(C2CC(c3ccc4ccccc4c3)=NN2c2ccccc2)c1. The number of hydrazone groups is 1. The standard InChI is InChI=1S/C25H19BrN2/c26-22-10-6-9-21(16-22)25-17-24(27-28(25)23-11-2-1-3-12-23)20-14-13-18-7-4-5-8-19(18)15-20/h1-16,25H,17H2. The zero-order valence-electron chi connectivity index (χ0n) is 15.3. The second-order valence-corrected chi connectivity index (χ2v) is 7.98. The molecule has 0 fully saturated rings. The van der Waals surface area contributed by atoms with Gasteiger partial charge < -0.3 is 0 Å². The van der Waals surface area contributed by atoms with Crippen molar-refractivity contribution in [2.45, 2.75) is 12.5 Å². The number of halogens is 1. The third-order valence-electron chi connectivity index (χ3n) is 5.25. The molecule has 136 valence electrons. The summed E-state index contributed by atoms with van der Waals surface area (Å²) in [5.74, 6) is 0. The van der Waals surface area contributed by atoms with Crippen molar-refractivity contribution in [1.82, 2.24) is 0 Å². The van der Waals surface area contributed by atoms with E-state index in [9.17, 15) is 0 Å². The van der Waals surface area contributed by atoms with E-state index >= 15 is 0 Å². The third kappa shape index (κ3) is 3.23. The van der Waals surface area contributed by atoms with Crippen LogP contribution in [0.1, 0.15) is 23.6 Å². The van der Waals surface area contributed by atoms with Gasteiger partial charge >= 0.3 is 0 Å². The summed E-state index contributed by atoms with van der Waals surface area (Å²) in [5, 5.41) is 9.72. The molecule has 4 aromatic rings. The number of rotatable bonds is 3. The normalized spacial score (nSPS) is 16.4. The molecule has 0 radical (unpaired) electrons.